The summed E-state index contributed by atoms with van der Waals surface area (Å²) in [6.07, 6.45) is 4.73. The molecule has 0 aliphatic carbocycles. The van der Waals surface area contributed by atoms with Gasteiger partial charge >= 0.3 is 0 Å². The fourth-order valence-corrected chi connectivity index (χ4v) is 4.53. The van der Waals surface area contributed by atoms with Crippen molar-refractivity contribution in [1.29, 1.82) is 5.26 Å². The standard InChI is InChI=1S/C20H22ClN3OS/c1-2-16-5-3-4-10-24(16)12-19(25)17(11-22)20-23-18(13-26-20)14-6-8-15(21)9-7-14/h6-9,13,16,25H,2-5,10,12H2,1H3/p+1/b19-17-/t16-/m1/s1. The Morgan fingerprint density at radius 2 is 2.15 bits per heavy atom. The van der Waals surface area contributed by atoms with Gasteiger partial charge in [0, 0.05) is 16.0 Å². The zero-order valence-electron chi connectivity index (χ0n) is 14.8. The van der Waals surface area contributed by atoms with Crippen molar-refractivity contribution in [3.05, 3.63) is 45.4 Å². The maximum Gasteiger partial charge on any atom is 0.168 e. The first kappa shape index (κ1) is 18.9. The van der Waals surface area contributed by atoms with Crippen LogP contribution < -0.4 is 4.90 Å². The van der Waals surface area contributed by atoms with Gasteiger partial charge in [-0.2, -0.15) is 5.26 Å². The molecule has 1 aliphatic rings. The van der Waals surface area contributed by atoms with Gasteiger partial charge in [-0.05, 0) is 37.8 Å². The van der Waals surface area contributed by atoms with E-state index in [1.165, 1.54) is 35.5 Å². The van der Waals surface area contributed by atoms with Gasteiger partial charge in [-0.25, -0.2) is 4.98 Å². The molecule has 1 aromatic carbocycles. The number of quaternary nitrogens is 1. The molecule has 2 N–H and O–H groups in total. The zero-order valence-corrected chi connectivity index (χ0v) is 16.4. The van der Waals surface area contributed by atoms with Gasteiger partial charge in [0.25, 0.3) is 0 Å². The van der Waals surface area contributed by atoms with Gasteiger partial charge in [-0.15, -0.1) is 11.3 Å². The molecule has 2 heterocycles. The highest BCUT2D eigenvalue weighted by atomic mass is 35.5. The van der Waals surface area contributed by atoms with E-state index in [0.29, 0.717) is 28.2 Å². The van der Waals surface area contributed by atoms with Gasteiger partial charge in [-0.1, -0.05) is 30.7 Å². The molecule has 0 amide bonds. The van der Waals surface area contributed by atoms with Gasteiger partial charge in [0.2, 0.25) is 0 Å². The first-order valence-electron chi connectivity index (χ1n) is 9.01. The summed E-state index contributed by atoms with van der Waals surface area (Å²) < 4.78 is 0. The topological polar surface area (TPSA) is 61.4 Å². The van der Waals surface area contributed by atoms with Crippen LogP contribution in [0.2, 0.25) is 5.02 Å². The van der Waals surface area contributed by atoms with Gasteiger partial charge in [0.15, 0.2) is 5.76 Å². The van der Waals surface area contributed by atoms with Crippen LogP contribution in [0.25, 0.3) is 16.8 Å². The van der Waals surface area contributed by atoms with Crippen molar-refractivity contribution in [3.8, 4) is 17.3 Å². The number of nitrogens with one attached hydrogen (secondary N) is 1. The number of aromatic nitrogens is 1. The average molecular weight is 389 g/mol. The number of hydrogen-bond acceptors (Lipinski definition) is 4. The summed E-state index contributed by atoms with van der Waals surface area (Å²) in [4.78, 5) is 5.93. The Labute approximate surface area is 163 Å². The van der Waals surface area contributed by atoms with Gasteiger partial charge in [-0.3, -0.25) is 0 Å². The number of aliphatic hydroxyl groups excluding tert-OH is 1. The molecule has 3 rings (SSSR count). The van der Waals surface area contributed by atoms with Crippen LogP contribution in [-0.4, -0.2) is 29.2 Å². The van der Waals surface area contributed by atoms with Crippen molar-refractivity contribution in [2.45, 2.75) is 38.6 Å². The average Bonchev–Trinajstić information content (AvgIpc) is 3.13. The van der Waals surface area contributed by atoms with Crippen molar-refractivity contribution < 1.29 is 10.0 Å². The molecule has 4 nitrogen and oxygen atoms in total. The lowest BCUT2D eigenvalue weighted by Crippen LogP contribution is -3.16. The van der Waals surface area contributed by atoms with Crippen molar-refractivity contribution in [1.82, 2.24) is 4.98 Å². The van der Waals surface area contributed by atoms with Crippen molar-refractivity contribution in [3.63, 3.8) is 0 Å². The van der Waals surface area contributed by atoms with Gasteiger partial charge in [0.05, 0.1) is 18.3 Å². The number of nitrogens with zero attached hydrogens (tertiary/aromatic N) is 2. The van der Waals surface area contributed by atoms with E-state index in [4.69, 9.17) is 11.6 Å². The molecule has 0 spiro atoms. The normalized spacial score (nSPS) is 21.1. The number of aliphatic hydroxyl groups is 1. The molecule has 0 radical (unpaired) electrons. The van der Waals surface area contributed by atoms with Crippen LogP contribution in [0.4, 0.5) is 0 Å². The van der Waals surface area contributed by atoms with Gasteiger partial charge < -0.3 is 10.0 Å². The van der Waals surface area contributed by atoms with Gasteiger partial charge in [0.1, 0.15) is 23.2 Å². The highest BCUT2D eigenvalue weighted by molar-refractivity contribution is 7.11. The molecule has 1 aliphatic heterocycles. The Morgan fingerprint density at radius 3 is 2.85 bits per heavy atom. The van der Waals surface area contributed by atoms with E-state index in [9.17, 15) is 10.4 Å². The largest absolute Gasteiger partial charge is 0.506 e. The number of piperidine rings is 1. The van der Waals surface area contributed by atoms with E-state index in [1.807, 2.05) is 29.6 Å². The first-order valence-corrected chi connectivity index (χ1v) is 10.3. The molecule has 2 atom stereocenters. The smallest absolute Gasteiger partial charge is 0.168 e. The minimum Gasteiger partial charge on any atom is -0.506 e. The van der Waals surface area contributed by atoms with E-state index in [0.717, 1.165) is 24.2 Å². The quantitative estimate of drug-likeness (QED) is 0.598. The molecule has 136 valence electrons. The van der Waals surface area contributed by atoms with Crippen molar-refractivity contribution in [2.24, 2.45) is 0 Å². The number of hydrogen-bond donors (Lipinski definition) is 2. The predicted octanol–water partition coefficient (Wildman–Crippen LogP) is 4.10. The lowest BCUT2D eigenvalue weighted by atomic mass is 10.00. The van der Waals surface area contributed by atoms with Crippen molar-refractivity contribution in [2.75, 3.05) is 13.1 Å². The Morgan fingerprint density at radius 1 is 1.38 bits per heavy atom. The van der Waals surface area contributed by atoms with E-state index in [1.54, 1.807) is 0 Å². The Bertz CT molecular complexity index is 822. The number of benzene rings is 1. The van der Waals surface area contributed by atoms with Crippen LogP contribution in [0, 0.1) is 11.3 Å². The fourth-order valence-electron chi connectivity index (χ4n) is 3.56. The maximum absolute atomic E-state index is 10.6. The number of thiazole rings is 1. The van der Waals surface area contributed by atoms with E-state index >= 15 is 0 Å². The van der Waals surface area contributed by atoms with E-state index in [2.05, 4.69) is 18.0 Å². The number of allylic oxidation sites excluding steroid dienone is 1. The number of likely N-dealkylation sites (tertiary alicyclic amines) is 1. The van der Waals surface area contributed by atoms with Crippen LogP contribution in [0.5, 0.6) is 0 Å². The molecule has 1 fully saturated rings. The number of halogens is 1. The molecule has 6 heteroatoms. The Hall–Kier alpha value is -1.87. The first-order chi connectivity index (χ1) is 12.6. The molecule has 0 saturated carbocycles. The molecule has 1 saturated heterocycles. The summed E-state index contributed by atoms with van der Waals surface area (Å²) >= 11 is 7.32. The van der Waals surface area contributed by atoms with Crippen LogP contribution >= 0.6 is 22.9 Å². The maximum atomic E-state index is 10.6. The minimum absolute atomic E-state index is 0.153. The molecule has 1 unspecified atom stereocenters. The van der Waals surface area contributed by atoms with E-state index < -0.39 is 0 Å². The molecule has 26 heavy (non-hydrogen) atoms. The second kappa shape index (κ2) is 8.68. The monoisotopic (exact) mass is 388 g/mol. The van der Waals surface area contributed by atoms with Crippen LogP contribution in [-0.2, 0) is 0 Å². The third-order valence-electron chi connectivity index (χ3n) is 5.02. The molecular formula is C20H23ClN3OS+. The predicted molar refractivity (Wildman–Crippen MR) is 106 cm³/mol. The summed E-state index contributed by atoms with van der Waals surface area (Å²) in [6.45, 7) is 3.74. The highest BCUT2D eigenvalue weighted by Crippen LogP contribution is 2.27. The Balaban J connectivity index is 1.82. The second-order valence-corrected chi connectivity index (χ2v) is 7.96. The molecule has 2 aromatic rings. The fraction of sp³-hybridized carbons (Fsp3) is 0.400. The number of rotatable bonds is 5. The third kappa shape index (κ3) is 4.27. The summed E-state index contributed by atoms with van der Waals surface area (Å²) in [5.41, 5.74) is 2.03. The summed E-state index contributed by atoms with van der Waals surface area (Å²) in [5, 5.41) is 23.4. The molecular weight excluding hydrogens is 366 g/mol. The zero-order chi connectivity index (χ0) is 18.5. The van der Waals surface area contributed by atoms with Crippen molar-refractivity contribution >= 4 is 28.5 Å². The summed E-state index contributed by atoms with van der Waals surface area (Å²) in [7, 11) is 0. The van der Waals surface area contributed by atoms with E-state index in [-0.39, 0.29) is 5.76 Å². The minimum atomic E-state index is 0.153. The number of nitriles is 1. The van der Waals surface area contributed by atoms with Crippen LogP contribution in [0.15, 0.2) is 35.4 Å². The summed E-state index contributed by atoms with van der Waals surface area (Å²) in [6, 6.07) is 10.2. The molecule has 1 aromatic heterocycles. The summed E-state index contributed by atoms with van der Waals surface area (Å²) in [5.74, 6) is 0.153. The SMILES string of the molecule is CC[C@@H]1CCCC[NH+]1C/C(O)=C(\C#N)c1nc(-c2ccc(Cl)cc2)cs1. The lowest BCUT2D eigenvalue weighted by Gasteiger charge is -2.31. The molecule has 0 bridgehead atoms. The van der Waals surface area contributed by atoms with Crippen LogP contribution in [0.3, 0.4) is 0 Å². The second-order valence-electron chi connectivity index (χ2n) is 6.66. The van der Waals surface area contributed by atoms with Crippen LogP contribution in [0.1, 0.15) is 37.6 Å². The highest BCUT2D eigenvalue weighted by Gasteiger charge is 2.27. The third-order valence-corrected chi connectivity index (χ3v) is 6.14. The Kier molecular flexibility index (Phi) is 6.31. The lowest BCUT2D eigenvalue weighted by molar-refractivity contribution is -0.927.